The van der Waals surface area contributed by atoms with E-state index in [9.17, 15) is 4.79 Å². The molecule has 6 atom stereocenters. The fourth-order valence-electron chi connectivity index (χ4n) is 4.01. The van der Waals surface area contributed by atoms with Gasteiger partial charge in [0.15, 0.2) is 12.6 Å². The van der Waals surface area contributed by atoms with Crippen LogP contribution in [-0.2, 0) is 35.1 Å². The summed E-state index contributed by atoms with van der Waals surface area (Å²) in [7, 11) is 0. The predicted octanol–water partition coefficient (Wildman–Crippen LogP) is 3.12. The Morgan fingerprint density at radius 2 is 1.81 bits per heavy atom. The third-order valence-corrected chi connectivity index (χ3v) is 5.44. The van der Waals surface area contributed by atoms with Crippen molar-refractivity contribution in [1.29, 1.82) is 0 Å². The molecule has 0 bridgehead atoms. The zero-order valence-electron chi connectivity index (χ0n) is 18.1. The molecule has 0 aromatic heterocycles. The van der Waals surface area contributed by atoms with Crippen molar-refractivity contribution in [1.82, 2.24) is 5.32 Å². The van der Waals surface area contributed by atoms with E-state index < -0.39 is 36.9 Å². The SMILES string of the molecule is C=CCO[C@@H]1[C@H](NC(C)=O)[C@H](OCc2ccccc2)O[C@H]2CO[C@H](c3ccccc3)O[C@@H]12. The van der Waals surface area contributed by atoms with Crippen LogP contribution in [0.25, 0.3) is 0 Å². The molecule has 0 spiro atoms. The first-order chi connectivity index (χ1) is 15.7. The van der Waals surface area contributed by atoms with Gasteiger partial charge in [0.05, 0.1) is 19.8 Å². The maximum Gasteiger partial charge on any atom is 0.217 e. The monoisotopic (exact) mass is 439 g/mol. The molecule has 170 valence electrons. The van der Waals surface area contributed by atoms with Crippen LogP contribution in [0.5, 0.6) is 0 Å². The molecule has 32 heavy (non-hydrogen) atoms. The second-order valence-electron chi connectivity index (χ2n) is 7.83. The fraction of sp³-hybridized carbons (Fsp3) is 0.400. The van der Waals surface area contributed by atoms with Crippen LogP contribution in [-0.4, -0.2) is 49.8 Å². The molecule has 0 unspecified atom stereocenters. The van der Waals surface area contributed by atoms with Crippen LogP contribution in [0.4, 0.5) is 0 Å². The number of nitrogens with one attached hydrogen (secondary N) is 1. The minimum absolute atomic E-state index is 0.204. The standard InChI is InChI=1S/C25H29NO6/c1-3-14-28-23-21(26-17(2)27)25(29-15-18-10-6-4-7-11-18)31-20-16-30-24(32-22(20)23)19-12-8-5-9-13-19/h3-13,20-25H,1,14-16H2,2H3,(H,26,27)/t20-,21-,22+,23+,24-,25+/m0/s1. The van der Waals surface area contributed by atoms with E-state index in [2.05, 4.69) is 11.9 Å². The van der Waals surface area contributed by atoms with Crippen LogP contribution in [0.2, 0.25) is 0 Å². The van der Waals surface area contributed by atoms with Crippen molar-refractivity contribution >= 4 is 5.91 Å². The molecule has 2 aliphatic rings. The third-order valence-electron chi connectivity index (χ3n) is 5.44. The molecule has 0 radical (unpaired) electrons. The minimum Gasteiger partial charge on any atom is -0.369 e. The van der Waals surface area contributed by atoms with Gasteiger partial charge in [-0.15, -0.1) is 6.58 Å². The molecule has 0 saturated carbocycles. The molecule has 2 heterocycles. The second kappa shape index (κ2) is 10.8. The molecule has 1 N–H and O–H groups in total. The quantitative estimate of drug-likeness (QED) is 0.637. The average molecular weight is 440 g/mol. The third kappa shape index (κ3) is 5.43. The van der Waals surface area contributed by atoms with Crippen molar-refractivity contribution in [2.45, 2.75) is 50.5 Å². The van der Waals surface area contributed by atoms with E-state index in [0.717, 1.165) is 11.1 Å². The van der Waals surface area contributed by atoms with Gasteiger partial charge in [-0.05, 0) is 5.56 Å². The summed E-state index contributed by atoms with van der Waals surface area (Å²) in [6.45, 7) is 6.16. The molecule has 1 amide bonds. The lowest BCUT2D eigenvalue weighted by atomic mass is 9.95. The number of hydrogen-bond acceptors (Lipinski definition) is 6. The highest BCUT2D eigenvalue weighted by atomic mass is 16.7. The molecule has 0 aliphatic carbocycles. The summed E-state index contributed by atoms with van der Waals surface area (Å²) >= 11 is 0. The maximum absolute atomic E-state index is 12.0. The molecule has 2 aromatic carbocycles. The zero-order valence-corrected chi connectivity index (χ0v) is 18.1. The van der Waals surface area contributed by atoms with Gasteiger partial charge in [-0.3, -0.25) is 4.79 Å². The Bertz CT molecular complexity index is 877. The summed E-state index contributed by atoms with van der Waals surface area (Å²) in [4.78, 5) is 12.0. The number of hydrogen-bond donors (Lipinski definition) is 1. The molecule has 2 aliphatic heterocycles. The molecular weight excluding hydrogens is 410 g/mol. The Kier molecular flexibility index (Phi) is 7.68. The van der Waals surface area contributed by atoms with E-state index in [1.165, 1.54) is 6.92 Å². The van der Waals surface area contributed by atoms with Gasteiger partial charge in [-0.25, -0.2) is 0 Å². The van der Waals surface area contributed by atoms with Crippen molar-refractivity contribution in [2.24, 2.45) is 0 Å². The molecule has 2 aromatic rings. The first kappa shape index (κ1) is 22.6. The van der Waals surface area contributed by atoms with Crippen LogP contribution >= 0.6 is 0 Å². The van der Waals surface area contributed by atoms with E-state index in [0.29, 0.717) is 19.8 Å². The topological polar surface area (TPSA) is 75.3 Å². The Balaban J connectivity index is 1.55. The summed E-state index contributed by atoms with van der Waals surface area (Å²) in [5.74, 6) is -0.204. The maximum atomic E-state index is 12.0. The minimum atomic E-state index is -0.726. The highest BCUT2D eigenvalue weighted by Crippen LogP contribution is 2.35. The Hall–Kier alpha value is -2.55. The van der Waals surface area contributed by atoms with Crippen LogP contribution in [0, 0.1) is 0 Å². The van der Waals surface area contributed by atoms with E-state index >= 15 is 0 Å². The van der Waals surface area contributed by atoms with Crippen LogP contribution in [0.1, 0.15) is 24.3 Å². The first-order valence-corrected chi connectivity index (χ1v) is 10.8. The van der Waals surface area contributed by atoms with E-state index in [1.807, 2.05) is 60.7 Å². The van der Waals surface area contributed by atoms with E-state index in [1.54, 1.807) is 6.08 Å². The van der Waals surface area contributed by atoms with Gasteiger partial charge in [0, 0.05) is 12.5 Å². The summed E-state index contributed by atoms with van der Waals surface area (Å²) in [6.07, 6.45) is -0.973. The highest BCUT2D eigenvalue weighted by Gasteiger charge is 2.51. The van der Waals surface area contributed by atoms with Gasteiger partial charge in [0.25, 0.3) is 0 Å². The van der Waals surface area contributed by atoms with Crippen molar-refractivity contribution in [3.63, 3.8) is 0 Å². The molecule has 7 heteroatoms. The fourth-order valence-corrected chi connectivity index (χ4v) is 4.01. The lowest BCUT2D eigenvalue weighted by Gasteiger charge is -2.49. The van der Waals surface area contributed by atoms with Crippen molar-refractivity contribution in [2.75, 3.05) is 13.2 Å². The Morgan fingerprint density at radius 1 is 1.09 bits per heavy atom. The van der Waals surface area contributed by atoms with Gasteiger partial charge in [0.2, 0.25) is 5.91 Å². The van der Waals surface area contributed by atoms with Crippen molar-refractivity contribution < 1.29 is 28.5 Å². The van der Waals surface area contributed by atoms with Gasteiger partial charge in [0.1, 0.15) is 24.4 Å². The number of ether oxygens (including phenoxy) is 5. The molecule has 7 nitrogen and oxygen atoms in total. The van der Waals surface area contributed by atoms with Crippen molar-refractivity contribution in [3.8, 4) is 0 Å². The summed E-state index contributed by atoms with van der Waals surface area (Å²) in [6, 6.07) is 18.9. The summed E-state index contributed by atoms with van der Waals surface area (Å²) < 4.78 is 30.7. The lowest BCUT2D eigenvalue weighted by Crippen LogP contribution is -2.67. The highest BCUT2D eigenvalue weighted by molar-refractivity contribution is 5.73. The number of benzene rings is 2. The lowest BCUT2D eigenvalue weighted by molar-refractivity contribution is -0.349. The van der Waals surface area contributed by atoms with Crippen LogP contribution < -0.4 is 5.32 Å². The number of amides is 1. The van der Waals surface area contributed by atoms with E-state index in [-0.39, 0.29) is 5.91 Å². The molecule has 2 fully saturated rings. The Morgan fingerprint density at radius 3 is 2.50 bits per heavy atom. The number of fused-ring (bicyclic) bond motifs is 1. The summed E-state index contributed by atoms with van der Waals surface area (Å²) in [5, 5.41) is 2.95. The summed E-state index contributed by atoms with van der Waals surface area (Å²) in [5.41, 5.74) is 1.91. The van der Waals surface area contributed by atoms with Crippen LogP contribution in [0.3, 0.4) is 0 Å². The van der Waals surface area contributed by atoms with Crippen molar-refractivity contribution in [3.05, 3.63) is 84.4 Å². The van der Waals surface area contributed by atoms with Gasteiger partial charge in [-0.2, -0.15) is 0 Å². The van der Waals surface area contributed by atoms with Gasteiger partial charge in [-0.1, -0.05) is 66.7 Å². The number of carbonyl (C=O) groups is 1. The second-order valence-corrected chi connectivity index (χ2v) is 7.83. The predicted molar refractivity (Wildman–Crippen MR) is 117 cm³/mol. The average Bonchev–Trinajstić information content (AvgIpc) is 2.82. The Labute approximate surface area is 188 Å². The first-order valence-electron chi connectivity index (χ1n) is 10.8. The largest absolute Gasteiger partial charge is 0.369 e. The molecule has 4 rings (SSSR count). The molecular formula is C25H29NO6. The number of rotatable bonds is 8. The van der Waals surface area contributed by atoms with E-state index in [4.69, 9.17) is 23.7 Å². The van der Waals surface area contributed by atoms with Crippen LogP contribution in [0.15, 0.2) is 73.3 Å². The molecule has 2 saturated heterocycles. The van der Waals surface area contributed by atoms with Gasteiger partial charge >= 0.3 is 0 Å². The zero-order chi connectivity index (χ0) is 22.3. The number of carbonyl (C=O) groups excluding carboxylic acids is 1. The smallest absolute Gasteiger partial charge is 0.217 e. The van der Waals surface area contributed by atoms with Gasteiger partial charge < -0.3 is 29.0 Å². The normalized spacial score (nSPS) is 29.7.